The molecule has 1 N–H and O–H groups in total. The summed E-state index contributed by atoms with van der Waals surface area (Å²) in [6, 6.07) is 6.48. The van der Waals surface area contributed by atoms with Crippen LogP contribution in [0, 0.1) is 27.6 Å². The van der Waals surface area contributed by atoms with Gasteiger partial charge >= 0.3 is 0 Å². The van der Waals surface area contributed by atoms with E-state index in [9.17, 15) is 23.3 Å². The van der Waals surface area contributed by atoms with Gasteiger partial charge in [0.2, 0.25) is 0 Å². The van der Waals surface area contributed by atoms with Gasteiger partial charge in [0.25, 0.3) is 5.69 Å². The monoisotopic (exact) mass is 282 g/mol. The van der Waals surface area contributed by atoms with E-state index in [0.29, 0.717) is 0 Å². The van der Waals surface area contributed by atoms with Gasteiger partial charge < -0.3 is 5.32 Å². The lowest BCUT2D eigenvalue weighted by atomic mass is 10.1. The van der Waals surface area contributed by atoms with Crippen molar-refractivity contribution in [1.29, 1.82) is 0 Å². The summed E-state index contributed by atoms with van der Waals surface area (Å²) in [5.74, 6) is -2.78. The second kappa shape index (κ2) is 5.60. The van der Waals surface area contributed by atoms with E-state index < -0.39 is 22.4 Å². The van der Waals surface area contributed by atoms with Gasteiger partial charge in [-0.3, -0.25) is 10.1 Å². The zero-order chi connectivity index (χ0) is 14.7. The average Bonchev–Trinajstić information content (AvgIpc) is 2.40. The fourth-order valence-corrected chi connectivity index (χ4v) is 1.70. The lowest BCUT2D eigenvalue weighted by molar-refractivity contribution is -0.385. The maximum atomic E-state index is 13.4. The van der Waals surface area contributed by atoms with Gasteiger partial charge in [-0.15, -0.1) is 0 Å². The van der Waals surface area contributed by atoms with Crippen molar-refractivity contribution in [3.8, 4) is 0 Å². The molecule has 0 aromatic heterocycles. The molecule has 104 valence electrons. The molecule has 0 radical (unpaired) electrons. The van der Waals surface area contributed by atoms with Crippen molar-refractivity contribution in [2.45, 2.75) is 6.54 Å². The molecule has 0 fully saturated rings. The van der Waals surface area contributed by atoms with Gasteiger partial charge in [-0.1, -0.05) is 6.07 Å². The summed E-state index contributed by atoms with van der Waals surface area (Å²) in [7, 11) is 0. The van der Waals surface area contributed by atoms with Crippen molar-refractivity contribution in [3.05, 3.63) is 69.5 Å². The van der Waals surface area contributed by atoms with Crippen molar-refractivity contribution in [2.75, 3.05) is 5.32 Å². The number of hydrogen-bond donors (Lipinski definition) is 1. The van der Waals surface area contributed by atoms with Gasteiger partial charge in [0.15, 0.2) is 11.6 Å². The van der Waals surface area contributed by atoms with Crippen LogP contribution in [0.3, 0.4) is 0 Å². The molecule has 0 aliphatic heterocycles. The molecular formula is C13H9F3N2O2. The van der Waals surface area contributed by atoms with Gasteiger partial charge in [0.1, 0.15) is 5.82 Å². The fourth-order valence-electron chi connectivity index (χ4n) is 1.70. The molecule has 0 atom stereocenters. The highest BCUT2D eigenvalue weighted by Crippen LogP contribution is 2.22. The first-order chi connectivity index (χ1) is 9.49. The summed E-state index contributed by atoms with van der Waals surface area (Å²) >= 11 is 0. The third-order valence-electron chi connectivity index (χ3n) is 2.66. The van der Waals surface area contributed by atoms with Crippen LogP contribution in [-0.2, 0) is 6.54 Å². The molecule has 2 aromatic rings. The summed E-state index contributed by atoms with van der Waals surface area (Å²) in [6.45, 7) is -0.200. The number of nitro groups is 1. The zero-order valence-electron chi connectivity index (χ0n) is 10.1. The first-order valence-electron chi connectivity index (χ1n) is 5.59. The summed E-state index contributed by atoms with van der Waals surface area (Å²) in [5.41, 5.74) is -0.405. The Labute approximate surface area is 112 Å². The fraction of sp³-hybridized carbons (Fsp3) is 0.0769. The van der Waals surface area contributed by atoms with Crippen LogP contribution in [0.2, 0.25) is 0 Å². The van der Waals surface area contributed by atoms with Crippen LogP contribution >= 0.6 is 0 Å². The number of rotatable bonds is 4. The van der Waals surface area contributed by atoms with Crippen LogP contribution in [0.4, 0.5) is 24.5 Å². The molecule has 2 rings (SSSR count). The Balaban J connectivity index is 2.24. The average molecular weight is 282 g/mol. The SMILES string of the molecule is O=[N+]([O-])c1ccc(F)cc1CNc1cccc(F)c1F. The third-order valence-corrected chi connectivity index (χ3v) is 2.66. The molecule has 0 unspecified atom stereocenters. The highest BCUT2D eigenvalue weighted by Gasteiger charge is 2.15. The standard InChI is InChI=1S/C13H9F3N2O2/c14-9-4-5-12(18(19)20)8(6-9)7-17-11-3-1-2-10(15)13(11)16/h1-6,17H,7H2. The van der Waals surface area contributed by atoms with Crippen LogP contribution in [0.5, 0.6) is 0 Å². The predicted molar refractivity (Wildman–Crippen MR) is 66.7 cm³/mol. The predicted octanol–water partition coefficient (Wildman–Crippen LogP) is 3.62. The molecular weight excluding hydrogens is 273 g/mol. The van der Waals surface area contributed by atoms with Crippen LogP contribution < -0.4 is 5.32 Å². The molecule has 0 aliphatic carbocycles. The van der Waals surface area contributed by atoms with E-state index in [-0.39, 0.29) is 23.5 Å². The van der Waals surface area contributed by atoms with E-state index in [1.54, 1.807) is 0 Å². The largest absolute Gasteiger partial charge is 0.378 e. The number of halogens is 3. The minimum Gasteiger partial charge on any atom is -0.378 e. The van der Waals surface area contributed by atoms with Crippen molar-refractivity contribution >= 4 is 11.4 Å². The molecule has 0 spiro atoms. The van der Waals surface area contributed by atoms with E-state index in [4.69, 9.17) is 0 Å². The first kappa shape index (κ1) is 13.9. The van der Waals surface area contributed by atoms with Crippen LogP contribution in [0.15, 0.2) is 36.4 Å². The number of nitrogens with zero attached hydrogens (tertiary/aromatic N) is 1. The van der Waals surface area contributed by atoms with E-state index in [0.717, 1.165) is 24.3 Å². The first-order valence-corrected chi connectivity index (χ1v) is 5.59. The Morgan fingerprint density at radius 2 is 1.90 bits per heavy atom. The Kier molecular flexibility index (Phi) is 3.88. The number of nitro benzene ring substituents is 1. The molecule has 0 saturated carbocycles. The van der Waals surface area contributed by atoms with Crippen molar-refractivity contribution < 1.29 is 18.1 Å². The van der Waals surface area contributed by atoms with Crippen molar-refractivity contribution in [2.24, 2.45) is 0 Å². The molecule has 0 heterocycles. The van der Waals surface area contributed by atoms with Gasteiger partial charge in [-0.2, -0.15) is 0 Å². The quantitative estimate of drug-likeness (QED) is 0.688. The van der Waals surface area contributed by atoms with Gasteiger partial charge in [-0.05, 0) is 24.3 Å². The lowest BCUT2D eigenvalue weighted by Gasteiger charge is -2.08. The molecule has 0 bridgehead atoms. The maximum absolute atomic E-state index is 13.4. The van der Waals surface area contributed by atoms with Crippen LogP contribution in [-0.4, -0.2) is 4.92 Å². The second-order valence-electron chi connectivity index (χ2n) is 3.99. The molecule has 7 heteroatoms. The topological polar surface area (TPSA) is 55.2 Å². The smallest absolute Gasteiger partial charge is 0.274 e. The van der Waals surface area contributed by atoms with E-state index in [1.165, 1.54) is 12.1 Å². The van der Waals surface area contributed by atoms with E-state index in [1.807, 2.05) is 0 Å². The maximum Gasteiger partial charge on any atom is 0.274 e. The molecule has 0 amide bonds. The Morgan fingerprint density at radius 3 is 2.60 bits per heavy atom. The summed E-state index contributed by atoms with van der Waals surface area (Å²) in [4.78, 5) is 10.1. The number of benzene rings is 2. The van der Waals surface area contributed by atoms with Crippen molar-refractivity contribution in [3.63, 3.8) is 0 Å². The van der Waals surface area contributed by atoms with Crippen LogP contribution in [0.25, 0.3) is 0 Å². The Hall–Kier alpha value is -2.57. The number of nitrogens with one attached hydrogen (secondary N) is 1. The highest BCUT2D eigenvalue weighted by molar-refractivity contribution is 5.48. The zero-order valence-corrected chi connectivity index (χ0v) is 10.1. The summed E-state index contributed by atoms with van der Waals surface area (Å²) in [6.07, 6.45) is 0. The van der Waals surface area contributed by atoms with Crippen molar-refractivity contribution in [1.82, 2.24) is 0 Å². The number of hydrogen-bond acceptors (Lipinski definition) is 3. The minimum atomic E-state index is -1.09. The van der Waals surface area contributed by atoms with Gasteiger partial charge in [0, 0.05) is 12.6 Å². The number of anilines is 1. The normalized spacial score (nSPS) is 10.3. The third kappa shape index (κ3) is 2.87. The summed E-state index contributed by atoms with van der Waals surface area (Å²) in [5, 5.41) is 13.3. The van der Waals surface area contributed by atoms with Gasteiger partial charge in [0.05, 0.1) is 16.2 Å². The highest BCUT2D eigenvalue weighted by atomic mass is 19.2. The Morgan fingerprint density at radius 1 is 1.15 bits per heavy atom. The summed E-state index contributed by atoms with van der Waals surface area (Å²) < 4.78 is 39.5. The van der Waals surface area contributed by atoms with Crippen LogP contribution in [0.1, 0.15) is 5.56 Å². The molecule has 20 heavy (non-hydrogen) atoms. The molecule has 0 saturated heterocycles. The molecule has 4 nitrogen and oxygen atoms in total. The molecule has 2 aromatic carbocycles. The Bertz CT molecular complexity index is 662. The minimum absolute atomic E-state index is 0.0404. The van der Waals surface area contributed by atoms with E-state index >= 15 is 0 Å². The second-order valence-corrected chi connectivity index (χ2v) is 3.99. The lowest BCUT2D eigenvalue weighted by Crippen LogP contribution is -2.05. The molecule has 0 aliphatic rings. The van der Waals surface area contributed by atoms with E-state index in [2.05, 4.69) is 5.32 Å². The van der Waals surface area contributed by atoms with Gasteiger partial charge in [-0.25, -0.2) is 13.2 Å².